The summed E-state index contributed by atoms with van der Waals surface area (Å²) in [6, 6.07) is 11.8. The van der Waals surface area contributed by atoms with Gasteiger partial charge in [-0.05, 0) is 37.0 Å². The number of nitrogens with zero attached hydrogens (tertiary/aromatic N) is 3. The molecular formula is C24H19FN4O3S. The van der Waals surface area contributed by atoms with Gasteiger partial charge in [0.05, 0.1) is 29.9 Å². The number of benzene rings is 1. The second-order valence-corrected chi connectivity index (χ2v) is 8.44. The Morgan fingerprint density at radius 2 is 2.12 bits per heavy atom. The van der Waals surface area contributed by atoms with E-state index in [1.807, 2.05) is 12.1 Å². The van der Waals surface area contributed by atoms with Gasteiger partial charge in [0, 0.05) is 11.3 Å². The van der Waals surface area contributed by atoms with Gasteiger partial charge in [-0.15, -0.1) is 0 Å². The number of esters is 1. The summed E-state index contributed by atoms with van der Waals surface area (Å²) in [6.07, 6.45) is 2.73. The number of methoxy groups -OCH3 is 1. The zero-order valence-electron chi connectivity index (χ0n) is 17.7. The number of nitrogens with two attached hydrogens (primary N) is 1. The van der Waals surface area contributed by atoms with Gasteiger partial charge in [-0.3, -0.25) is 0 Å². The van der Waals surface area contributed by atoms with Gasteiger partial charge in [0.1, 0.15) is 34.3 Å². The summed E-state index contributed by atoms with van der Waals surface area (Å²) in [7, 11) is 1.20. The molecule has 1 atom stereocenters. The van der Waals surface area contributed by atoms with Gasteiger partial charge >= 0.3 is 5.97 Å². The minimum atomic E-state index is -1.09. The molecule has 0 amide bonds. The molecule has 1 aromatic heterocycles. The fraction of sp³-hybridized carbons (Fsp3) is 0.250. The molecule has 2 aliphatic rings. The molecule has 0 unspecified atom stereocenters. The van der Waals surface area contributed by atoms with Gasteiger partial charge in [-0.1, -0.05) is 30.0 Å². The van der Waals surface area contributed by atoms with Gasteiger partial charge in [-0.2, -0.15) is 10.5 Å². The number of pyridine rings is 1. The van der Waals surface area contributed by atoms with Crippen LogP contribution in [0, 0.1) is 28.5 Å². The van der Waals surface area contributed by atoms with Crippen LogP contribution in [-0.2, 0) is 27.1 Å². The Morgan fingerprint density at radius 3 is 2.82 bits per heavy atom. The molecule has 0 spiro atoms. The largest absolute Gasteiger partial charge is 0.466 e. The Labute approximate surface area is 194 Å². The number of nitriles is 2. The van der Waals surface area contributed by atoms with Crippen molar-refractivity contribution < 1.29 is 18.7 Å². The molecule has 2 N–H and O–H groups in total. The number of carbonyl (C=O) groups excluding carboxylic acids is 1. The van der Waals surface area contributed by atoms with Crippen molar-refractivity contribution in [2.24, 2.45) is 5.73 Å². The highest BCUT2D eigenvalue weighted by molar-refractivity contribution is 7.99. The van der Waals surface area contributed by atoms with Crippen LogP contribution in [0.2, 0.25) is 0 Å². The molecule has 0 fully saturated rings. The lowest BCUT2D eigenvalue weighted by molar-refractivity contribution is -0.136. The van der Waals surface area contributed by atoms with Crippen molar-refractivity contribution in [2.75, 3.05) is 12.9 Å². The molecule has 1 aromatic carbocycles. The Hall–Kier alpha value is -3.82. The lowest BCUT2D eigenvalue weighted by atomic mass is 9.83. The number of aromatic nitrogens is 1. The molecule has 166 valence electrons. The average Bonchev–Trinajstić information content (AvgIpc) is 3.28. The maximum absolute atomic E-state index is 14.7. The summed E-state index contributed by atoms with van der Waals surface area (Å²) >= 11 is 1.21. The second-order valence-electron chi connectivity index (χ2n) is 7.48. The van der Waals surface area contributed by atoms with Crippen LogP contribution in [0.1, 0.15) is 34.7 Å². The fourth-order valence-corrected chi connectivity index (χ4v) is 4.97. The van der Waals surface area contributed by atoms with E-state index in [2.05, 4.69) is 11.1 Å². The van der Waals surface area contributed by atoms with Crippen LogP contribution >= 0.6 is 11.8 Å². The highest BCUT2D eigenvalue weighted by atomic mass is 32.2. The van der Waals surface area contributed by atoms with Gasteiger partial charge in [0.15, 0.2) is 0 Å². The predicted octanol–water partition coefficient (Wildman–Crippen LogP) is 3.61. The minimum absolute atomic E-state index is 0.0134. The SMILES string of the molecule is COC(=O)C1=C(CSc2nc3c(cc2C#N)CCC3)OC(N)=C(C#N)[C@@H]1c1ccccc1F. The van der Waals surface area contributed by atoms with Crippen molar-refractivity contribution >= 4 is 17.7 Å². The normalized spacial score (nSPS) is 17.2. The highest BCUT2D eigenvalue weighted by Crippen LogP contribution is 2.42. The third kappa shape index (κ3) is 4.15. The monoisotopic (exact) mass is 462 g/mol. The van der Waals surface area contributed by atoms with Crippen LogP contribution in [-0.4, -0.2) is 23.8 Å². The first kappa shape index (κ1) is 22.4. The fourth-order valence-electron chi connectivity index (χ4n) is 4.06. The maximum Gasteiger partial charge on any atom is 0.338 e. The maximum atomic E-state index is 14.7. The standard InChI is InChI=1S/C24H19FN4O3S/c1-31-24(30)21-19(12-33-23-14(10-26)9-13-5-4-8-18(13)29-23)32-22(28)16(11-27)20(21)15-6-2-3-7-17(15)25/h2-3,6-7,9,20H,4-5,8,12,28H2,1H3/t20-/m0/s1. The number of allylic oxidation sites excluding steroid dienone is 1. The van der Waals surface area contributed by atoms with Crippen molar-refractivity contribution in [3.8, 4) is 12.1 Å². The molecule has 2 heterocycles. The van der Waals surface area contributed by atoms with E-state index < -0.39 is 17.7 Å². The van der Waals surface area contributed by atoms with Crippen molar-refractivity contribution in [3.63, 3.8) is 0 Å². The number of rotatable bonds is 5. The average molecular weight is 463 g/mol. The van der Waals surface area contributed by atoms with Crippen LogP contribution in [0.15, 0.2) is 58.1 Å². The summed E-state index contributed by atoms with van der Waals surface area (Å²) in [4.78, 5) is 17.4. The summed E-state index contributed by atoms with van der Waals surface area (Å²) in [5.41, 5.74) is 8.49. The van der Waals surface area contributed by atoms with Crippen LogP contribution < -0.4 is 5.73 Å². The van der Waals surface area contributed by atoms with Crippen LogP contribution in [0.25, 0.3) is 0 Å². The molecule has 0 radical (unpaired) electrons. The van der Waals surface area contributed by atoms with Crippen LogP contribution in [0.3, 0.4) is 0 Å². The van der Waals surface area contributed by atoms with E-state index in [1.165, 1.54) is 37.1 Å². The lowest BCUT2D eigenvalue weighted by Crippen LogP contribution is -2.27. The Kier molecular flexibility index (Phi) is 6.34. The number of hydrogen-bond donors (Lipinski definition) is 1. The molecule has 0 bridgehead atoms. The Morgan fingerprint density at radius 1 is 1.33 bits per heavy atom. The van der Waals surface area contributed by atoms with E-state index in [1.54, 1.807) is 6.07 Å². The molecule has 2 aromatic rings. The van der Waals surface area contributed by atoms with Crippen molar-refractivity contribution in [3.05, 3.63) is 81.3 Å². The molecule has 1 aliphatic heterocycles. The number of thioether (sulfide) groups is 1. The molecule has 1 aliphatic carbocycles. The van der Waals surface area contributed by atoms with E-state index in [0.29, 0.717) is 10.6 Å². The first-order valence-corrected chi connectivity index (χ1v) is 11.2. The van der Waals surface area contributed by atoms with E-state index in [4.69, 9.17) is 15.2 Å². The number of aryl methyl sites for hydroxylation is 2. The van der Waals surface area contributed by atoms with Crippen LogP contribution in [0.4, 0.5) is 4.39 Å². The van der Waals surface area contributed by atoms with E-state index in [0.717, 1.165) is 30.5 Å². The van der Waals surface area contributed by atoms with Gasteiger partial charge in [-0.25, -0.2) is 14.2 Å². The first-order chi connectivity index (χ1) is 16.0. The Bertz CT molecular complexity index is 1290. The summed E-state index contributed by atoms with van der Waals surface area (Å²) < 4.78 is 25.3. The summed E-state index contributed by atoms with van der Waals surface area (Å²) in [5.74, 6) is -2.45. The lowest BCUT2D eigenvalue weighted by Gasteiger charge is -2.28. The number of ether oxygens (including phenoxy) is 2. The summed E-state index contributed by atoms with van der Waals surface area (Å²) in [5, 5.41) is 19.8. The smallest absolute Gasteiger partial charge is 0.338 e. The van der Waals surface area contributed by atoms with Crippen molar-refractivity contribution in [2.45, 2.75) is 30.2 Å². The number of carbonyl (C=O) groups is 1. The molecule has 4 rings (SSSR count). The van der Waals surface area contributed by atoms with Gasteiger partial charge in [0.2, 0.25) is 5.88 Å². The zero-order valence-corrected chi connectivity index (χ0v) is 18.5. The van der Waals surface area contributed by atoms with Crippen LogP contribution in [0.5, 0.6) is 0 Å². The Balaban J connectivity index is 1.77. The molecule has 7 nitrogen and oxygen atoms in total. The number of halogens is 1. The van der Waals surface area contributed by atoms with E-state index in [-0.39, 0.29) is 34.1 Å². The highest BCUT2D eigenvalue weighted by Gasteiger charge is 2.38. The number of hydrogen-bond acceptors (Lipinski definition) is 8. The quantitative estimate of drug-likeness (QED) is 0.528. The van der Waals surface area contributed by atoms with E-state index >= 15 is 0 Å². The topological polar surface area (TPSA) is 122 Å². The molecule has 0 saturated heterocycles. The van der Waals surface area contributed by atoms with E-state index in [9.17, 15) is 19.7 Å². The second kappa shape index (κ2) is 9.35. The van der Waals surface area contributed by atoms with Gasteiger partial charge in [0.25, 0.3) is 0 Å². The first-order valence-electron chi connectivity index (χ1n) is 10.2. The van der Waals surface area contributed by atoms with Crippen molar-refractivity contribution in [1.82, 2.24) is 4.98 Å². The molecular weight excluding hydrogens is 443 g/mol. The zero-order chi connectivity index (χ0) is 23.5. The summed E-state index contributed by atoms with van der Waals surface area (Å²) in [6.45, 7) is 0. The number of fused-ring (bicyclic) bond motifs is 1. The minimum Gasteiger partial charge on any atom is -0.466 e. The molecule has 0 saturated carbocycles. The molecule has 9 heteroatoms. The predicted molar refractivity (Wildman–Crippen MR) is 118 cm³/mol. The third-order valence-corrected chi connectivity index (χ3v) is 6.59. The van der Waals surface area contributed by atoms with Crippen molar-refractivity contribution in [1.29, 1.82) is 10.5 Å². The van der Waals surface area contributed by atoms with Gasteiger partial charge < -0.3 is 15.2 Å². The molecule has 33 heavy (non-hydrogen) atoms. The third-order valence-electron chi connectivity index (χ3n) is 5.59.